The van der Waals surface area contributed by atoms with Crippen LogP contribution in [-0.2, 0) is 12.8 Å². The summed E-state index contributed by atoms with van der Waals surface area (Å²) in [6, 6.07) is 4.14. The van der Waals surface area contributed by atoms with Crippen LogP contribution in [0.1, 0.15) is 37.1 Å². The summed E-state index contributed by atoms with van der Waals surface area (Å²) in [5, 5.41) is 21.6. The summed E-state index contributed by atoms with van der Waals surface area (Å²) in [7, 11) is 0. The molecule has 0 spiro atoms. The van der Waals surface area contributed by atoms with Gasteiger partial charge in [0.2, 0.25) is 0 Å². The Bertz CT molecular complexity index is 489. The van der Waals surface area contributed by atoms with Crippen LogP contribution < -0.4 is 5.32 Å². The zero-order valence-corrected chi connectivity index (χ0v) is 11.0. The SMILES string of the molecule is CC(C)(CO)CNc1nc2c(cc1C#N)CCC2. The molecule has 1 aromatic rings. The fraction of sp³-hybridized carbons (Fsp3) is 0.571. The Kier molecular flexibility index (Phi) is 3.53. The first-order valence-corrected chi connectivity index (χ1v) is 6.33. The first kappa shape index (κ1) is 12.8. The first-order chi connectivity index (χ1) is 8.55. The molecule has 0 saturated heterocycles. The lowest BCUT2D eigenvalue weighted by Gasteiger charge is -2.22. The highest BCUT2D eigenvalue weighted by atomic mass is 16.3. The van der Waals surface area contributed by atoms with E-state index < -0.39 is 0 Å². The third kappa shape index (κ3) is 2.62. The Morgan fingerprint density at radius 2 is 2.28 bits per heavy atom. The molecule has 0 amide bonds. The zero-order chi connectivity index (χ0) is 13.2. The molecule has 4 nitrogen and oxygen atoms in total. The van der Waals surface area contributed by atoms with Crippen molar-refractivity contribution in [3.05, 3.63) is 22.9 Å². The second kappa shape index (κ2) is 4.95. The zero-order valence-electron chi connectivity index (χ0n) is 11.0. The lowest BCUT2D eigenvalue weighted by molar-refractivity contribution is 0.170. The number of aliphatic hydroxyl groups excluding tert-OH is 1. The van der Waals surface area contributed by atoms with Crippen LogP contribution in [-0.4, -0.2) is 23.2 Å². The van der Waals surface area contributed by atoms with Gasteiger partial charge in [-0.25, -0.2) is 4.98 Å². The summed E-state index contributed by atoms with van der Waals surface area (Å²) in [6.45, 7) is 4.65. The average molecular weight is 245 g/mol. The molecule has 0 unspecified atom stereocenters. The van der Waals surface area contributed by atoms with Gasteiger partial charge in [-0.1, -0.05) is 13.8 Å². The van der Waals surface area contributed by atoms with Crippen molar-refractivity contribution in [3.63, 3.8) is 0 Å². The number of aryl methyl sites for hydroxylation is 2. The van der Waals surface area contributed by atoms with Crippen molar-refractivity contribution in [1.29, 1.82) is 5.26 Å². The number of aliphatic hydroxyl groups is 1. The molecule has 0 aliphatic heterocycles. The van der Waals surface area contributed by atoms with Gasteiger partial charge in [-0.05, 0) is 30.9 Å². The molecule has 1 heterocycles. The van der Waals surface area contributed by atoms with E-state index in [0.717, 1.165) is 25.0 Å². The van der Waals surface area contributed by atoms with Gasteiger partial charge in [0.1, 0.15) is 11.9 Å². The summed E-state index contributed by atoms with van der Waals surface area (Å²) in [5.74, 6) is 0.652. The predicted octanol–water partition coefficient (Wildman–Crippen LogP) is 1.87. The van der Waals surface area contributed by atoms with E-state index in [9.17, 15) is 5.11 Å². The molecule has 2 rings (SSSR count). The lowest BCUT2D eigenvalue weighted by Crippen LogP contribution is -2.27. The van der Waals surface area contributed by atoms with Crippen LogP contribution in [0.25, 0.3) is 0 Å². The molecule has 4 heteroatoms. The van der Waals surface area contributed by atoms with Crippen LogP contribution in [0.3, 0.4) is 0 Å². The minimum Gasteiger partial charge on any atom is -0.396 e. The van der Waals surface area contributed by atoms with Gasteiger partial charge in [-0.15, -0.1) is 0 Å². The van der Waals surface area contributed by atoms with Gasteiger partial charge in [0.05, 0.1) is 5.56 Å². The van der Waals surface area contributed by atoms with Gasteiger partial charge in [0.15, 0.2) is 0 Å². The highest BCUT2D eigenvalue weighted by Crippen LogP contribution is 2.25. The van der Waals surface area contributed by atoms with Crippen molar-refractivity contribution in [3.8, 4) is 6.07 Å². The molecule has 0 saturated carbocycles. The third-order valence-corrected chi connectivity index (χ3v) is 3.33. The number of rotatable bonds is 4. The van der Waals surface area contributed by atoms with Gasteiger partial charge >= 0.3 is 0 Å². The molecule has 0 bridgehead atoms. The number of fused-ring (bicyclic) bond motifs is 1. The molecule has 0 atom stereocenters. The Balaban J connectivity index is 2.20. The minimum atomic E-state index is -0.215. The van der Waals surface area contributed by atoms with Gasteiger partial charge in [-0.3, -0.25) is 0 Å². The van der Waals surface area contributed by atoms with Gasteiger partial charge in [0, 0.05) is 24.3 Å². The van der Waals surface area contributed by atoms with Crippen LogP contribution in [0, 0.1) is 16.7 Å². The normalized spacial score (nSPS) is 14.1. The van der Waals surface area contributed by atoms with Crippen molar-refractivity contribution in [2.24, 2.45) is 5.41 Å². The van der Waals surface area contributed by atoms with E-state index in [2.05, 4.69) is 16.4 Å². The first-order valence-electron chi connectivity index (χ1n) is 6.33. The summed E-state index contributed by atoms with van der Waals surface area (Å²) in [5.41, 5.74) is 2.70. The van der Waals surface area contributed by atoms with E-state index in [0.29, 0.717) is 17.9 Å². The van der Waals surface area contributed by atoms with Crippen molar-refractivity contribution in [2.75, 3.05) is 18.5 Å². The van der Waals surface area contributed by atoms with E-state index in [1.807, 2.05) is 19.9 Å². The predicted molar refractivity (Wildman–Crippen MR) is 70.3 cm³/mol. The molecule has 1 aliphatic rings. The third-order valence-electron chi connectivity index (χ3n) is 3.33. The molecule has 96 valence electrons. The van der Waals surface area contributed by atoms with E-state index in [4.69, 9.17) is 5.26 Å². The number of pyridine rings is 1. The molecular weight excluding hydrogens is 226 g/mol. The van der Waals surface area contributed by atoms with Crippen LogP contribution in [0.15, 0.2) is 6.07 Å². The van der Waals surface area contributed by atoms with Gasteiger partial charge < -0.3 is 10.4 Å². The van der Waals surface area contributed by atoms with Crippen molar-refractivity contribution in [2.45, 2.75) is 33.1 Å². The summed E-state index contributed by atoms with van der Waals surface area (Å²) in [6.07, 6.45) is 3.15. The topological polar surface area (TPSA) is 68.9 Å². The summed E-state index contributed by atoms with van der Waals surface area (Å²) < 4.78 is 0. The molecular formula is C14H19N3O. The maximum atomic E-state index is 9.23. The second-order valence-electron chi connectivity index (χ2n) is 5.63. The largest absolute Gasteiger partial charge is 0.396 e. The molecule has 18 heavy (non-hydrogen) atoms. The maximum Gasteiger partial charge on any atom is 0.144 e. The fourth-order valence-electron chi connectivity index (χ4n) is 2.07. The molecule has 1 aromatic heterocycles. The van der Waals surface area contributed by atoms with Crippen LogP contribution >= 0.6 is 0 Å². The number of aromatic nitrogens is 1. The maximum absolute atomic E-state index is 9.23. The number of hydrogen-bond donors (Lipinski definition) is 2. The van der Waals surface area contributed by atoms with Crippen molar-refractivity contribution in [1.82, 2.24) is 4.98 Å². The lowest BCUT2D eigenvalue weighted by atomic mass is 9.95. The van der Waals surface area contributed by atoms with E-state index >= 15 is 0 Å². The Labute approximate surface area is 108 Å². The van der Waals surface area contributed by atoms with Crippen LogP contribution in [0.5, 0.6) is 0 Å². The standard InChI is InChI=1S/C14H19N3O/c1-14(2,9-18)8-16-13-11(7-15)6-10-4-3-5-12(10)17-13/h6,18H,3-5,8-9H2,1-2H3,(H,16,17). The monoisotopic (exact) mass is 245 g/mol. The second-order valence-corrected chi connectivity index (χ2v) is 5.63. The fourth-order valence-corrected chi connectivity index (χ4v) is 2.07. The van der Waals surface area contributed by atoms with Crippen molar-refractivity contribution >= 4 is 5.82 Å². The molecule has 0 radical (unpaired) electrons. The highest BCUT2D eigenvalue weighted by Gasteiger charge is 2.19. The van der Waals surface area contributed by atoms with E-state index in [-0.39, 0.29) is 12.0 Å². The van der Waals surface area contributed by atoms with Crippen LogP contribution in [0.4, 0.5) is 5.82 Å². The number of nitrogens with zero attached hydrogens (tertiary/aromatic N) is 2. The van der Waals surface area contributed by atoms with Gasteiger partial charge in [0.25, 0.3) is 0 Å². The number of anilines is 1. The summed E-state index contributed by atoms with van der Waals surface area (Å²) in [4.78, 5) is 4.55. The highest BCUT2D eigenvalue weighted by molar-refractivity contribution is 5.55. The average Bonchev–Trinajstić information content (AvgIpc) is 2.82. The molecule has 1 aliphatic carbocycles. The van der Waals surface area contributed by atoms with Crippen LogP contribution in [0.2, 0.25) is 0 Å². The van der Waals surface area contributed by atoms with E-state index in [1.165, 1.54) is 5.56 Å². The molecule has 0 aromatic carbocycles. The number of nitriles is 1. The van der Waals surface area contributed by atoms with Crippen molar-refractivity contribution < 1.29 is 5.11 Å². The van der Waals surface area contributed by atoms with E-state index in [1.54, 1.807) is 0 Å². The number of hydrogen-bond acceptors (Lipinski definition) is 4. The Morgan fingerprint density at radius 1 is 1.50 bits per heavy atom. The Hall–Kier alpha value is -1.60. The molecule has 2 N–H and O–H groups in total. The smallest absolute Gasteiger partial charge is 0.144 e. The summed E-state index contributed by atoms with van der Waals surface area (Å²) >= 11 is 0. The number of nitrogens with one attached hydrogen (secondary N) is 1. The molecule has 0 fully saturated rings. The van der Waals surface area contributed by atoms with Gasteiger partial charge in [-0.2, -0.15) is 5.26 Å². The quantitative estimate of drug-likeness (QED) is 0.849. The minimum absolute atomic E-state index is 0.104. The Morgan fingerprint density at radius 3 is 2.94 bits per heavy atom.